The Morgan fingerprint density at radius 1 is 0.962 bits per heavy atom. The van der Waals surface area contributed by atoms with Gasteiger partial charge in [0.05, 0.1) is 0 Å². The fourth-order valence-corrected chi connectivity index (χ4v) is 2.78. The molecule has 0 aromatic heterocycles. The normalized spacial score (nSPS) is 18.4. The molecule has 154 valence electrons. The molecule has 1 heterocycles. The van der Waals surface area contributed by atoms with Crippen LogP contribution >= 0.6 is 24.0 Å². The third-order valence-electron chi connectivity index (χ3n) is 4.56. The van der Waals surface area contributed by atoms with Crippen molar-refractivity contribution in [1.82, 2.24) is 10.6 Å². The SMILES string of the molecule is CCNC(=NCCCOCC1CC1)NCCCOCC1CCOCC1.I. The van der Waals surface area contributed by atoms with Gasteiger partial charge in [-0.05, 0) is 57.3 Å². The van der Waals surface area contributed by atoms with Gasteiger partial charge in [-0.15, -0.1) is 24.0 Å². The standard InChI is InChI=1S/C19H37N3O3.HI/c1-2-20-19(21-9-3-11-24-15-17-5-6-17)22-10-4-12-25-16-18-7-13-23-14-8-18;/h17-18H,2-16H2,1H3,(H2,20,21,22);1H. The van der Waals surface area contributed by atoms with Gasteiger partial charge >= 0.3 is 0 Å². The molecule has 2 fully saturated rings. The van der Waals surface area contributed by atoms with Gasteiger partial charge in [0.2, 0.25) is 0 Å². The molecular weight excluding hydrogens is 445 g/mol. The van der Waals surface area contributed by atoms with E-state index in [9.17, 15) is 0 Å². The van der Waals surface area contributed by atoms with Crippen molar-refractivity contribution in [3.8, 4) is 0 Å². The largest absolute Gasteiger partial charge is 0.381 e. The molecule has 1 aliphatic carbocycles. The van der Waals surface area contributed by atoms with E-state index in [1.807, 2.05) is 0 Å². The Labute approximate surface area is 176 Å². The average molecular weight is 483 g/mol. The number of hydrogen-bond acceptors (Lipinski definition) is 4. The maximum absolute atomic E-state index is 5.79. The second kappa shape index (κ2) is 15.9. The molecule has 0 aromatic carbocycles. The smallest absolute Gasteiger partial charge is 0.191 e. The molecule has 7 heteroatoms. The van der Waals surface area contributed by atoms with Crippen LogP contribution in [0.5, 0.6) is 0 Å². The second-order valence-electron chi connectivity index (χ2n) is 7.04. The Hall–Kier alpha value is -0.120. The molecule has 26 heavy (non-hydrogen) atoms. The van der Waals surface area contributed by atoms with Crippen molar-refractivity contribution in [2.24, 2.45) is 16.8 Å². The van der Waals surface area contributed by atoms with Crippen LogP contribution in [0.4, 0.5) is 0 Å². The predicted molar refractivity (Wildman–Crippen MR) is 117 cm³/mol. The fraction of sp³-hybridized carbons (Fsp3) is 0.947. The third kappa shape index (κ3) is 12.3. The summed E-state index contributed by atoms with van der Waals surface area (Å²) in [6.45, 7) is 9.88. The summed E-state index contributed by atoms with van der Waals surface area (Å²) in [5.41, 5.74) is 0. The first-order valence-electron chi connectivity index (χ1n) is 10.1. The minimum Gasteiger partial charge on any atom is -0.381 e. The van der Waals surface area contributed by atoms with Gasteiger partial charge in [0, 0.05) is 59.3 Å². The van der Waals surface area contributed by atoms with Gasteiger partial charge in [0.1, 0.15) is 0 Å². The minimum atomic E-state index is 0. The van der Waals surface area contributed by atoms with E-state index in [1.54, 1.807) is 0 Å². The van der Waals surface area contributed by atoms with Gasteiger partial charge in [-0.3, -0.25) is 4.99 Å². The molecule has 0 bridgehead atoms. The molecule has 6 nitrogen and oxygen atoms in total. The van der Waals surface area contributed by atoms with Gasteiger partial charge in [0.15, 0.2) is 5.96 Å². The highest BCUT2D eigenvalue weighted by Gasteiger charge is 2.20. The number of hydrogen-bond donors (Lipinski definition) is 2. The van der Waals surface area contributed by atoms with Crippen molar-refractivity contribution in [3.05, 3.63) is 0 Å². The summed E-state index contributed by atoms with van der Waals surface area (Å²) in [5, 5.41) is 6.66. The lowest BCUT2D eigenvalue weighted by Crippen LogP contribution is -2.38. The van der Waals surface area contributed by atoms with E-state index in [2.05, 4.69) is 22.5 Å². The number of guanidine groups is 1. The molecule has 1 aliphatic heterocycles. The van der Waals surface area contributed by atoms with Gasteiger partial charge in [-0.1, -0.05) is 0 Å². The molecule has 0 atom stereocenters. The molecular formula is C19H38IN3O3. The number of nitrogens with one attached hydrogen (secondary N) is 2. The third-order valence-corrected chi connectivity index (χ3v) is 4.56. The van der Waals surface area contributed by atoms with E-state index < -0.39 is 0 Å². The Bertz CT molecular complexity index is 362. The summed E-state index contributed by atoms with van der Waals surface area (Å²) in [5.74, 6) is 2.42. The van der Waals surface area contributed by atoms with Crippen LogP contribution in [0.1, 0.15) is 45.4 Å². The zero-order chi connectivity index (χ0) is 17.6. The number of nitrogens with zero attached hydrogens (tertiary/aromatic N) is 1. The summed E-state index contributed by atoms with van der Waals surface area (Å²) in [6, 6.07) is 0. The lowest BCUT2D eigenvalue weighted by Gasteiger charge is -2.21. The van der Waals surface area contributed by atoms with Gasteiger partial charge < -0.3 is 24.8 Å². The Morgan fingerprint density at radius 2 is 1.62 bits per heavy atom. The first kappa shape index (κ1) is 23.9. The van der Waals surface area contributed by atoms with Gasteiger partial charge in [-0.2, -0.15) is 0 Å². The Morgan fingerprint density at radius 3 is 2.27 bits per heavy atom. The van der Waals surface area contributed by atoms with Crippen LogP contribution in [0.15, 0.2) is 4.99 Å². The van der Waals surface area contributed by atoms with Crippen molar-refractivity contribution in [2.75, 3.05) is 59.3 Å². The van der Waals surface area contributed by atoms with Crippen LogP contribution in [0.2, 0.25) is 0 Å². The van der Waals surface area contributed by atoms with Crippen molar-refractivity contribution >= 4 is 29.9 Å². The van der Waals surface area contributed by atoms with Crippen molar-refractivity contribution < 1.29 is 14.2 Å². The highest BCUT2D eigenvalue weighted by atomic mass is 127. The maximum Gasteiger partial charge on any atom is 0.191 e. The first-order valence-corrected chi connectivity index (χ1v) is 10.1. The van der Waals surface area contributed by atoms with Crippen molar-refractivity contribution in [3.63, 3.8) is 0 Å². The summed E-state index contributed by atoms with van der Waals surface area (Å²) < 4.78 is 16.8. The first-order chi connectivity index (χ1) is 12.4. The van der Waals surface area contributed by atoms with E-state index in [4.69, 9.17) is 14.2 Å². The minimum absolute atomic E-state index is 0. The zero-order valence-electron chi connectivity index (χ0n) is 16.3. The van der Waals surface area contributed by atoms with Crippen LogP contribution in [0.3, 0.4) is 0 Å². The van der Waals surface area contributed by atoms with Crippen LogP contribution in [-0.4, -0.2) is 65.2 Å². The predicted octanol–water partition coefficient (Wildman–Crippen LogP) is 2.81. The molecule has 2 aliphatic rings. The summed E-state index contributed by atoms with van der Waals surface area (Å²) in [7, 11) is 0. The van der Waals surface area contributed by atoms with E-state index >= 15 is 0 Å². The average Bonchev–Trinajstić information content (AvgIpc) is 3.46. The molecule has 0 radical (unpaired) electrons. The quantitative estimate of drug-likeness (QED) is 0.183. The van der Waals surface area contributed by atoms with Crippen LogP contribution < -0.4 is 10.6 Å². The lowest BCUT2D eigenvalue weighted by molar-refractivity contribution is 0.0203. The summed E-state index contributed by atoms with van der Waals surface area (Å²) in [6.07, 6.45) is 6.96. The van der Waals surface area contributed by atoms with Gasteiger partial charge in [0.25, 0.3) is 0 Å². The van der Waals surface area contributed by atoms with E-state index in [1.165, 1.54) is 12.8 Å². The van der Waals surface area contributed by atoms with E-state index in [-0.39, 0.29) is 24.0 Å². The number of halogens is 1. The fourth-order valence-electron chi connectivity index (χ4n) is 2.78. The highest BCUT2D eigenvalue weighted by Crippen LogP contribution is 2.28. The summed E-state index contributed by atoms with van der Waals surface area (Å²) >= 11 is 0. The monoisotopic (exact) mass is 483 g/mol. The molecule has 2 N–H and O–H groups in total. The lowest BCUT2D eigenvalue weighted by atomic mass is 10.0. The molecule has 0 amide bonds. The highest BCUT2D eigenvalue weighted by molar-refractivity contribution is 14.0. The Balaban J connectivity index is 0.00000338. The topological polar surface area (TPSA) is 64.1 Å². The molecule has 1 saturated carbocycles. The van der Waals surface area contributed by atoms with Crippen molar-refractivity contribution in [2.45, 2.75) is 45.4 Å². The molecule has 2 rings (SSSR count). The molecule has 1 saturated heterocycles. The van der Waals surface area contributed by atoms with Crippen molar-refractivity contribution in [1.29, 1.82) is 0 Å². The van der Waals surface area contributed by atoms with Crippen LogP contribution in [0, 0.1) is 11.8 Å². The molecule has 0 spiro atoms. The Kier molecular flexibility index (Phi) is 14.6. The number of aliphatic imine (C=N–C) groups is 1. The molecule has 0 unspecified atom stereocenters. The number of rotatable bonds is 13. The van der Waals surface area contributed by atoms with E-state index in [0.717, 1.165) is 96.8 Å². The number of ether oxygens (including phenoxy) is 3. The maximum atomic E-state index is 5.79. The molecule has 0 aromatic rings. The van der Waals surface area contributed by atoms with Crippen LogP contribution in [0.25, 0.3) is 0 Å². The second-order valence-corrected chi connectivity index (χ2v) is 7.04. The zero-order valence-corrected chi connectivity index (χ0v) is 18.7. The van der Waals surface area contributed by atoms with E-state index in [0.29, 0.717) is 5.92 Å². The van der Waals surface area contributed by atoms with Crippen LogP contribution in [-0.2, 0) is 14.2 Å². The summed E-state index contributed by atoms with van der Waals surface area (Å²) in [4.78, 5) is 4.60. The van der Waals surface area contributed by atoms with Gasteiger partial charge in [-0.25, -0.2) is 0 Å².